The minimum absolute atomic E-state index is 0.193. The topological polar surface area (TPSA) is 56.8 Å². The summed E-state index contributed by atoms with van der Waals surface area (Å²) in [5.41, 5.74) is 1.91. The van der Waals surface area contributed by atoms with Crippen molar-refractivity contribution in [1.29, 1.82) is 10.5 Å². The highest BCUT2D eigenvalue weighted by Gasteiger charge is 2.10. The van der Waals surface area contributed by atoms with E-state index in [-0.39, 0.29) is 6.42 Å². The van der Waals surface area contributed by atoms with Gasteiger partial charge in [0, 0.05) is 0 Å². The van der Waals surface area contributed by atoms with E-state index in [9.17, 15) is 0 Å². The first kappa shape index (κ1) is 13.6. The molecule has 0 aromatic heterocycles. The van der Waals surface area contributed by atoms with Crippen LogP contribution in [0.15, 0.2) is 54.6 Å². The Morgan fingerprint density at radius 1 is 1.00 bits per heavy atom. The molecule has 98 valence electrons. The molecule has 3 heteroatoms. The molecule has 0 radical (unpaired) electrons. The zero-order chi connectivity index (χ0) is 14.2. The number of nitrogens with zero attached hydrogens (tertiary/aromatic N) is 2. The molecular weight excluding hydrogens is 248 g/mol. The second-order valence-electron chi connectivity index (χ2n) is 4.39. The van der Waals surface area contributed by atoms with E-state index in [4.69, 9.17) is 15.3 Å². The van der Waals surface area contributed by atoms with Gasteiger partial charge >= 0.3 is 0 Å². The summed E-state index contributed by atoms with van der Waals surface area (Å²) in [5, 5.41) is 17.8. The zero-order valence-corrected chi connectivity index (χ0v) is 11.0. The van der Waals surface area contributed by atoms with E-state index in [0.29, 0.717) is 12.4 Å². The van der Waals surface area contributed by atoms with Gasteiger partial charge in [0.1, 0.15) is 12.4 Å². The molecule has 1 atom stereocenters. The Labute approximate surface area is 118 Å². The number of ether oxygens (including phenoxy) is 1. The van der Waals surface area contributed by atoms with Crippen LogP contribution in [-0.4, -0.2) is 0 Å². The number of hydrogen-bond donors (Lipinski definition) is 0. The molecule has 0 saturated carbocycles. The first-order valence-electron chi connectivity index (χ1n) is 6.36. The third kappa shape index (κ3) is 3.60. The summed E-state index contributed by atoms with van der Waals surface area (Å²) in [6, 6.07) is 21.4. The van der Waals surface area contributed by atoms with Crippen molar-refractivity contribution in [2.24, 2.45) is 0 Å². The van der Waals surface area contributed by atoms with Gasteiger partial charge in [-0.1, -0.05) is 42.5 Å². The fourth-order valence-electron chi connectivity index (χ4n) is 1.89. The average Bonchev–Trinajstić information content (AvgIpc) is 2.52. The van der Waals surface area contributed by atoms with Gasteiger partial charge in [0.2, 0.25) is 0 Å². The lowest BCUT2D eigenvalue weighted by molar-refractivity contribution is 0.306. The fraction of sp³-hybridized carbons (Fsp3) is 0.176. The van der Waals surface area contributed by atoms with Crippen LogP contribution in [0.2, 0.25) is 0 Å². The van der Waals surface area contributed by atoms with E-state index < -0.39 is 5.92 Å². The van der Waals surface area contributed by atoms with Gasteiger partial charge in [-0.05, 0) is 23.3 Å². The Kier molecular flexibility index (Phi) is 4.76. The van der Waals surface area contributed by atoms with Crippen molar-refractivity contribution in [3.8, 4) is 17.9 Å². The SMILES string of the molecule is N#CCC(C#N)c1cccc(OCc2ccccc2)c1. The van der Waals surface area contributed by atoms with Gasteiger partial charge in [-0.15, -0.1) is 0 Å². The molecule has 0 fully saturated rings. The maximum atomic E-state index is 9.07. The first-order chi connectivity index (χ1) is 9.83. The lowest BCUT2D eigenvalue weighted by atomic mass is 9.98. The van der Waals surface area contributed by atoms with Crippen LogP contribution in [0.25, 0.3) is 0 Å². The van der Waals surface area contributed by atoms with Gasteiger partial charge in [0.25, 0.3) is 0 Å². The smallest absolute Gasteiger partial charge is 0.120 e. The monoisotopic (exact) mass is 262 g/mol. The highest BCUT2D eigenvalue weighted by molar-refractivity contribution is 5.34. The van der Waals surface area contributed by atoms with Crippen LogP contribution in [-0.2, 0) is 6.61 Å². The molecule has 2 rings (SSSR count). The molecule has 0 aliphatic heterocycles. The van der Waals surface area contributed by atoms with Crippen molar-refractivity contribution in [2.45, 2.75) is 18.9 Å². The van der Waals surface area contributed by atoms with E-state index in [1.54, 1.807) is 0 Å². The summed E-state index contributed by atoms with van der Waals surface area (Å²) in [6.07, 6.45) is 0.193. The van der Waals surface area contributed by atoms with Crippen molar-refractivity contribution in [2.75, 3.05) is 0 Å². The van der Waals surface area contributed by atoms with Crippen LogP contribution in [0.5, 0.6) is 5.75 Å². The normalized spacial score (nSPS) is 11.1. The standard InChI is InChI=1S/C17H14N2O/c18-10-9-16(12-19)15-7-4-8-17(11-15)20-13-14-5-2-1-3-6-14/h1-8,11,16H,9,13H2. The van der Waals surface area contributed by atoms with Crippen molar-refractivity contribution >= 4 is 0 Å². The Hall–Kier alpha value is -2.78. The molecule has 0 heterocycles. The summed E-state index contributed by atoms with van der Waals surface area (Å²) in [5.74, 6) is 0.310. The molecule has 0 amide bonds. The molecule has 0 bridgehead atoms. The molecule has 3 nitrogen and oxygen atoms in total. The molecule has 20 heavy (non-hydrogen) atoms. The summed E-state index contributed by atoms with van der Waals surface area (Å²) in [7, 11) is 0. The first-order valence-corrected chi connectivity index (χ1v) is 6.36. The maximum Gasteiger partial charge on any atom is 0.120 e. The molecule has 0 aliphatic carbocycles. The Morgan fingerprint density at radius 3 is 2.50 bits per heavy atom. The Bertz CT molecular complexity index is 638. The number of rotatable bonds is 5. The van der Waals surface area contributed by atoms with Gasteiger partial charge in [-0.2, -0.15) is 10.5 Å². The van der Waals surface area contributed by atoms with Gasteiger partial charge in [0.15, 0.2) is 0 Å². The van der Waals surface area contributed by atoms with Crippen LogP contribution < -0.4 is 4.74 Å². The van der Waals surface area contributed by atoms with Crippen LogP contribution in [0, 0.1) is 22.7 Å². The van der Waals surface area contributed by atoms with Gasteiger partial charge in [0.05, 0.1) is 24.5 Å². The van der Waals surface area contributed by atoms with Crippen molar-refractivity contribution in [1.82, 2.24) is 0 Å². The molecule has 2 aromatic rings. The highest BCUT2D eigenvalue weighted by atomic mass is 16.5. The summed E-state index contributed by atoms with van der Waals surface area (Å²) in [6.45, 7) is 0.486. The third-order valence-corrected chi connectivity index (χ3v) is 2.96. The van der Waals surface area contributed by atoms with Crippen molar-refractivity contribution in [3.63, 3.8) is 0 Å². The summed E-state index contributed by atoms with van der Waals surface area (Å²) < 4.78 is 5.71. The molecule has 1 unspecified atom stereocenters. The third-order valence-electron chi connectivity index (χ3n) is 2.96. The quantitative estimate of drug-likeness (QED) is 0.823. The molecule has 0 spiro atoms. The lowest BCUT2D eigenvalue weighted by Gasteiger charge is -2.10. The summed E-state index contributed by atoms with van der Waals surface area (Å²) >= 11 is 0. The minimum atomic E-state index is -0.403. The molecule has 0 aliphatic rings. The van der Waals surface area contributed by atoms with Gasteiger partial charge in [-0.25, -0.2) is 0 Å². The predicted octanol–water partition coefficient (Wildman–Crippen LogP) is 3.79. The number of hydrogen-bond acceptors (Lipinski definition) is 3. The predicted molar refractivity (Wildman–Crippen MR) is 75.8 cm³/mol. The van der Waals surface area contributed by atoms with Crippen LogP contribution in [0.4, 0.5) is 0 Å². The van der Waals surface area contributed by atoms with Crippen LogP contribution >= 0.6 is 0 Å². The van der Waals surface area contributed by atoms with Crippen molar-refractivity contribution < 1.29 is 4.74 Å². The second-order valence-corrected chi connectivity index (χ2v) is 4.39. The van der Waals surface area contributed by atoms with Gasteiger partial charge in [-0.3, -0.25) is 0 Å². The van der Waals surface area contributed by atoms with E-state index in [1.807, 2.05) is 60.7 Å². The van der Waals surface area contributed by atoms with Gasteiger partial charge < -0.3 is 4.74 Å². The average molecular weight is 262 g/mol. The molecular formula is C17H14N2O. The Balaban J connectivity index is 2.07. The van der Waals surface area contributed by atoms with E-state index in [0.717, 1.165) is 11.1 Å². The second kappa shape index (κ2) is 6.97. The lowest BCUT2D eigenvalue weighted by Crippen LogP contribution is -1.98. The highest BCUT2D eigenvalue weighted by Crippen LogP contribution is 2.23. The molecule has 0 saturated heterocycles. The maximum absolute atomic E-state index is 9.07. The van der Waals surface area contributed by atoms with Crippen LogP contribution in [0.3, 0.4) is 0 Å². The summed E-state index contributed by atoms with van der Waals surface area (Å²) in [4.78, 5) is 0. The van der Waals surface area contributed by atoms with E-state index in [2.05, 4.69) is 6.07 Å². The largest absolute Gasteiger partial charge is 0.489 e. The fourth-order valence-corrected chi connectivity index (χ4v) is 1.89. The molecule has 2 aromatic carbocycles. The van der Waals surface area contributed by atoms with Crippen molar-refractivity contribution in [3.05, 3.63) is 65.7 Å². The van der Waals surface area contributed by atoms with Crippen LogP contribution in [0.1, 0.15) is 23.5 Å². The molecule has 0 N–H and O–H groups in total. The Morgan fingerprint density at radius 2 is 1.80 bits per heavy atom. The van der Waals surface area contributed by atoms with E-state index >= 15 is 0 Å². The number of nitriles is 2. The number of benzene rings is 2. The minimum Gasteiger partial charge on any atom is -0.489 e. The van der Waals surface area contributed by atoms with E-state index in [1.165, 1.54) is 0 Å². The zero-order valence-electron chi connectivity index (χ0n) is 11.0.